The molecule has 0 fully saturated rings. The molecular weight excluding hydrogens is 608 g/mol. The molecule has 6 aliphatic carbocycles. The molecule has 0 unspecified atom stereocenters. The molecule has 6 aromatic carbocycles. The first-order chi connectivity index (χ1) is 22.1. The number of hydrogen-bond donors (Lipinski definition) is 0. The highest BCUT2D eigenvalue weighted by Gasteiger charge is 2.55. The Hall–Kier alpha value is -4.64. The lowest BCUT2D eigenvalue weighted by Crippen LogP contribution is -2.44. The predicted octanol–water partition coefficient (Wildman–Crippen LogP) is 10.1. The molecule has 0 saturated heterocycles. The number of rotatable bonds is 0. The van der Waals surface area contributed by atoms with Crippen LogP contribution in [0.5, 0.6) is 0 Å². The van der Waals surface area contributed by atoms with E-state index in [-0.39, 0.29) is 11.8 Å². The van der Waals surface area contributed by atoms with Crippen LogP contribution < -0.4 is 0 Å². The lowest BCUT2D eigenvalue weighted by molar-refractivity contribution is 0.642. The van der Waals surface area contributed by atoms with Gasteiger partial charge >= 0.3 is 0 Å². The molecule has 212 valence electrons. The summed E-state index contributed by atoms with van der Waals surface area (Å²) in [5, 5.41) is 0. The third kappa shape index (κ3) is 2.91. The molecule has 0 aromatic heterocycles. The zero-order valence-electron chi connectivity index (χ0n) is 25.2. The van der Waals surface area contributed by atoms with Gasteiger partial charge in [0.1, 0.15) is 10.8 Å². The fraction of sp³-hybridized carbons (Fsp3) is 0.136. The Morgan fingerprint density at radius 3 is 1.40 bits per heavy atom. The smallest absolute Gasteiger partial charge is 0.0802 e. The van der Waals surface area contributed by atoms with Crippen LogP contribution in [0.2, 0.25) is 0 Å². The zero-order chi connectivity index (χ0) is 30.1. The minimum atomic E-state index is -0.623. The van der Waals surface area contributed by atoms with Gasteiger partial charge in [-0.3, -0.25) is 0 Å². The summed E-state index contributed by atoms with van der Waals surface area (Å²) in [7, 11) is 0. The van der Waals surface area contributed by atoms with Crippen molar-refractivity contribution in [1.82, 2.24) is 0 Å². The van der Waals surface area contributed by atoms with Crippen LogP contribution in [-0.2, 0) is 10.8 Å². The van der Waals surface area contributed by atoms with Crippen LogP contribution in [0.4, 0.5) is 0 Å². The van der Waals surface area contributed by atoms with E-state index in [0.29, 0.717) is 0 Å². The van der Waals surface area contributed by atoms with Crippen LogP contribution in [0.1, 0.15) is 89.7 Å². The summed E-state index contributed by atoms with van der Waals surface area (Å²) in [6, 6.07) is 47.6. The van der Waals surface area contributed by atoms with Gasteiger partial charge in [0.15, 0.2) is 0 Å². The van der Waals surface area contributed by atoms with Gasteiger partial charge in [-0.2, -0.15) is 0 Å². The maximum absolute atomic E-state index is 4.22. The third-order valence-corrected chi connectivity index (χ3v) is 11.9. The molecule has 0 amide bonds. The zero-order valence-corrected chi connectivity index (χ0v) is 26.7. The van der Waals surface area contributed by atoms with Crippen molar-refractivity contribution in [1.29, 1.82) is 0 Å². The first-order valence-electron chi connectivity index (χ1n) is 15.9. The summed E-state index contributed by atoms with van der Waals surface area (Å²) in [5.41, 5.74) is 17.7. The van der Waals surface area contributed by atoms with E-state index in [1.54, 1.807) is 0 Å². The summed E-state index contributed by atoms with van der Waals surface area (Å²) in [6.45, 7) is 4.57. The van der Waals surface area contributed by atoms with E-state index in [1.165, 1.54) is 77.9 Å². The van der Waals surface area contributed by atoms with Gasteiger partial charge in [0.2, 0.25) is 0 Å². The fourth-order valence-electron chi connectivity index (χ4n) is 9.63. The van der Waals surface area contributed by atoms with E-state index in [2.05, 4.69) is 169 Å². The minimum Gasteiger partial charge on any atom is -0.0802 e. The standard InChI is InChI=1S/C44H29Br/c1-26-22-23-27(2)41-38(26)40-30-14-5-9-19-35(30)43(41,36-20-10-6-15-31(36)40)24-25-44-33-17-7-3-12-28(33)39(29-13-4-8-18-34(29)44)32-16-11-21-37(45)42(32)44/h3-23,39-40H,1-2H3. The van der Waals surface area contributed by atoms with Gasteiger partial charge in [0, 0.05) is 16.3 Å². The maximum atomic E-state index is 4.22. The van der Waals surface area contributed by atoms with Crippen molar-refractivity contribution in [3.8, 4) is 11.8 Å². The van der Waals surface area contributed by atoms with Crippen molar-refractivity contribution in [3.63, 3.8) is 0 Å². The molecule has 1 heteroatoms. The van der Waals surface area contributed by atoms with Gasteiger partial charge in [-0.15, -0.1) is 0 Å². The van der Waals surface area contributed by atoms with Gasteiger partial charge in [-0.1, -0.05) is 149 Å². The molecule has 6 aliphatic rings. The Bertz CT molecular complexity index is 2250. The van der Waals surface area contributed by atoms with Crippen molar-refractivity contribution in [3.05, 3.63) is 210 Å². The average molecular weight is 638 g/mol. The fourth-order valence-corrected chi connectivity index (χ4v) is 10.3. The number of benzene rings is 6. The molecule has 12 rings (SSSR count). The second-order valence-corrected chi connectivity index (χ2v) is 14.0. The highest BCUT2D eigenvalue weighted by atomic mass is 79.9. The lowest BCUT2D eigenvalue weighted by Gasteiger charge is -2.51. The summed E-state index contributed by atoms with van der Waals surface area (Å²) in [4.78, 5) is 0. The molecule has 4 bridgehead atoms. The van der Waals surface area contributed by atoms with E-state index >= 15 is 0 Å². The molecule has 0 nitrogen and oxygen atoms in total. The summed E-state index contributed by atoms with van der Waals surface area (Å²) in [5.74, 6) is 8.85. The Morgan fingerprint density at radius 1 is 0.444 bits per heavy atom. The van der Waals surface area contributed by atoms with Crippen molar-refractivity contribution in [2.45, 2.75) is 36.5 Å². The Labute approximate surface area is 272 Å². The van der Waals surface area contributed by atoms with Crippen LogP contribution in [0.15, 0.2) is 132 Å². The van der Waals surface area contributed by atoms with Crippen molar-refractivity contribution < 1.29 is 0 Å². The normalized spacial score (nSPS) is 23.4. The summed E-state index contributed by atoms with van der Waals surface area (Å²) < 4.78 is 1.13. The van der Waals surface area contributed by atoms with Crippen molar-refractivity contribution in [2.75, 3.05) is 0 Å². The van der Waals surface area contributed by atoms with Crippen molar-refractivity contribution in [2.24, 2.45) is 0 Å². The second kappa shape index (κ2) is 8.75. The first-order valence-corrected chi connectivity index (χ1v) is 16.7. The first kappa shape index (κ1) is 25.7. The number of aryl methyl sites for hydroxylation is 2. The predicted molar refractivity (Wildman–Crippen MR) is 185 cm³/mol. The SMILES string of the molecule is Cc1ccc(C)c2c1C1c3ccccc3C2(C#CC23c4ccccc4C(c4ccccc42)c2cccc(Br)c23)c2ccccc21. The maximum Gasteiger partial charge on any atom is 0.108 e. The van der Waals surface area contributed by atoms with Crippen LogP contribution in [-0.4, -0.2) is 0 Å². The average Bonchev–Trinajstić information content (AvgIpc) is 3.09. The van der Waals surface area contributed by atoms with Gasteiger partial charge in [-0.25, -0.2) is 0 Å². The molecule has 6 aromatic rings. The molecule has 0 radical (unpaired) electrons. The molecule has 0 atom stereocenters. The summed E-state index contributed by atoms with van der Waals surface area (Å²) >= 11 is 4.06. The topological polar surface area (TPSA) is 0 Å². The Balaban J connectivity index is 1.41. The third-order valence-electron chi connectivity index (χ3n) is 11.2. The van der Waals surface area contributed by atoms with E-state index in [0.717, 1.165) is 4.47 Å². The number of hydrogen-bond acceptors (Lipinski definition) is 0. The van der Waals surface area contributed by atoms with Gasteiger partial charge < -0.3 is 0 Å². The van der Waals surface area contributed by atoms with E-state index in [9.17, 15) is 0 Å². The minimum absolute atomic E-state index is 0.198. The number of halogens is 1. The van der Waals surface area contributed by atoms with E-state index in [4.69, 9.17) is 0 Å². The molecule has 0 aliphatic heterocycles. The largest absolute Gasteiger partial charge is 0.108 e. The Morgan fingerprint density at radius 2 is 0.867 bits per heavy atom. The molecule has 45 heavy (non-hydrogen) atoms. The van der Waals surface area contributed by atoms with E-state index in [1.807, 2.05) is 0 Å². The van der Waals surface area contributed by atoms with Gasteiger partial charge in [0.25, 0.3) is 0 Å². The highest BCUT2D eigenvalue weighted by molar-refractivity contribution is 9.10. The Kier molecular flexibility index (Phi) is 4.99. The molecule has 0 spiro atoms. The molecule has 0 N–H and O–H groups in total. The van der Waals surface area contributed by atoms with Crippen molar-refractivity contribution >= 4 is 15.9 Å². The second-order valence-electron chi connectivity index (χ2n) is 13.2. The quantitative estimate of drug-likeness (QED) is 0.146. The summed E-state index contributed by atoms with van der Waals surface area (Å²) in [6.07, 6.45) is 0. The lowest BCUT2D eigenvalue weighted by atomic mass is 9.50. The monoisotopic (exact) mass is 636 g/mol. The molecule has 0 saturated carbocycles. The molecular formula is C44H29Br. The molecule has 0 heterocycles. The van der Waals surface area contributed by atoms with Crippen LogP contribution in [0.3, 0.4) is 0 Å². The van der Waals surface area contributed by atoms with Crippen LogP contribution in [0, 0.1) is 25.7 Å². The van der Waals surface area contributed by atoms with Gasteiger partial charge in [0.05, 0.1) is 0 Å². The van der Waals surface area contributed by atoms with Gasteiger partial charge in [-0.05, 0) is 97.8 Å². The van der Waals surface area contributed by atoms with E-state index < -0.39 is 10.8 Å². The van der Waals surface area contributed by atoms with Crippen LogP contribution >= 0.6 is 15.9 Å². The van der Waals surface area contributed by atoms with Crippen LogP contribution in [0.25, 0.3) is 0 Å². The highest BCUT2D eigenvalue weighted by Crippen LogP contribution is 2.63.